The first-order valence-corrected chi connectivity index (χ1v) is 8.74. The van der Waals surface area contributed by atoms with E-state index in [1.807, 2.05) is 6.07 Å². The van der Waals surface area contributed by atoms with E-state index in [9.17, 15) is 0 Å². The Morgan fingerprint density at radius 3 is 2.27 bits per heavy atom. The first kappa shape index (κ1) is 14.3. The molecule has 0 heterocycles. The molecule has 0 aromatic heterocycles. The summed E-state index contributed by atoms with van der Waals surface area (Å²) in [5, 5.41) is 3.40. The number of methoxy groups -OCH3 is 1. The second kappa shape index (κ2) is 5.12. The Morgan fingerprint density at radius 2 is 1.77 bits per heavy atom. The maximum Gasteiger partial charge on any atom is 0.168 e. The van der Waals surface area contributed by atoms with Gasteiger partial charge in [-0.1, -0.05) is 0 Å². The van der Waals surface area contributed by atoms with Crippen LogP contribution in [0.25, 0.3) is 0 Å². The highest BCUT2D eigenvalue weighted by Gasteiger charge is 2.52. The summed E-state index contributed by atoms with van der Waals surface area (Å²) in [6, 6.07) is 6.29. The van der Waals surface area contributed by atoms with Crippen LogP contribution >= 0.6 is 12.2 Å². The normalized spacial score (nSPS) is 35.4. The summed E-state index contributed by atoms with van der Waals surface area (Å²) in [4.78, 5) is 0. The SMILES string of the molecule is COc1ccc(NC(N)=S)cc1C12CC3CC(CC(C3)C1)C2. The molecule has 4 heteroatoms. The monoisotopic (exact) mass is 316 g/mol. The fourth-order valence-corrected chi connectivity index (χ4v) is 5.90. The number of ether oxygens (including phenoxy) is 1. The number of anilines is 1. The molecule has 0 saturated heterocycles. The fraction of sp³-hybridized carbons (Fsp3) is 0.611. The summed E-state index contributed by atoms with van der Waals surface area (Å²) < 4.78 is 5.70. The zero-order valence-electron chi connectivity index (χ0n) is 13.1. The highest BCUT2D eigenvalue weighted by Crippen LogP contribution is 2.62. The van der Waals surface area contributed by atoms with Crippen LogP contribution in [0.15, 0.2) is 18.2 Å². The van der Waals surface area contributed by atoms with E-state index in [0.717, 1.165) is 29.2 Å². The van der Waals surface area contributed by atoms with Crippen LogP contribution in [0.3, 0.4) is 0 Å². The summed E-state index contributed by atoms with van der Waals surface area (Å²) in [7, 11) is 1.78. The maximum absolute atomic E-state index is 5.70. The van der Waals surface area contributed by atoms with Crippen molar-refractivity contribution in [1.29, 1.82) is 0 Å². The average molecular weight is 316 g/mol. The number of nitrogens with two attached hydrogens (primary N) is 1. The minimum Gasteiger partial charge on any atom is -0.496 e. The lowest BCUT2D eigenvalue weighted by molar-refractivity contribution is -0.00612. The number of hydrogen-bond acceptors (Lipinski definition) is 2. The molecule has 0 amide bonds. The molecule has 0 aliphatic heterocycles. The van der Waals surface area contributed by atoms with Gasteiger partial charge in [0.2, 0.25) is 0 Å². The van der Waals surface area contributed by atoms with Crippen LogP contribution in [0, 0.1) is 17.8 Å². The zero-order valence-corrected chi connectivity index (χ0v) is 13.9. The third-order valence-corrected chi connectivity index (χ3v) is 6.18. The Balaban J connectivity index is 1.75. The molecule has 118 valence electrons. The minimum absolute atomic E-state index is 0.313. The summed E-state index contributed by atoms with van der Waals surface area (Å²) in [5.41, 5.74) is 8.31. The number of nitrogens with one attached hydrogen (secondary N) is 1. The van der Waals surface area contributed by atoms with Gasteiger partial charge in [-0.15, -0.1) is 0 Å². The third-order valence-electron chi connectivity index (χ3n) is 6.08. The number of thiocarbonyl (C=S) groups is 1. The van der Waals surface area contributed by atoms with Gasteiger partial charge in [0.1, 0.15) is 5.75 Å². The Labute approximate surface area is 137 Å². The molecule has 22 heavy (non-hydrogen) atoms. The van der Waals surface area contributed by atoms with Gasteiger partial charge in [0.05, 0.1) is 7.11 Å². The number of benzene rings is 1. The van der Waals surface area contributed by atoms with Crippen molar-refractivity contribution in [1.82, 2.24) is 0 Å². The highest BCUT2D eigenvalue weighted by molar-refractivity contribution is 7.80. The second-order valence-electron chi connectivity index (χ2n) is 7.60. The number of rotatable bonds is 3. The van der Waals surface area contributed by atoms with Crippen molar-refractivity contribution in [2.24, 2.45) is 23.5 Å². The van der Waals surface area contributed by atoms with Crippen molar-refractivity contribution in [2.75, 3.05) is 12.4 Å². The van der Waals surface area contributed by atoms with Crippen molar-refractivity contribution in [3.63, 3.8) is 0 Å². The van der Waals surface area contributed by atoms with E-state index >= 15 is 0 Å². The predicted octanol–water partition coefficient (Wildman–Crippen LogP) is 3.82. The van der Waals surface area contributed by atoms with E-state index in [4.69, 9.17) is 22.7 Å². The molecule has 4 aliphatic carbocycles. The quantitative estimate of drug-likeness (QED) is 0.832. The lowest BCUT2D eigenvalue weighted by Crippen LogP contribution is -2.48. The van der Waals surface area contributed by atoms with Gasteiger partial charge in [-0.2, -0.15) is 0 Å². The summed E-state index contributed by atoms with van der Waals surface area (Å²) in [6.07, 6.45) is 8.33. The maximum atomic E-state index is 5.70. The molecule has 4 aliphatic rings. The van der Waals surface area contributed by atoms with Gasteiger partial charge < -0.3 is 15.8 Å². The van der Waals surface area contributed by atoms with Gasteiger partial charge in [-0.25, -0.2) is 0 Å². The van der Waals surface area contributed by atoms with E-state index in [1.165, 1.54) is 44.1 Å². The Bertz CT molecular complexity index is 578. The summed E-state index contributed by atoms with van der Waals surface area (Å²) >= 11 is 4.99. The summed E-state index contributed by atoms with van der Waals surface area (Å²) in [6.45, 7) is 0. The smallest absolute Gasteiger partial charge is 0.168 e. The number of hydrogen-bond donors (Lipinski definition) is 2. The highest BCUT2D eigenvalue weighted by atomic mass is 32.1. The van der Waals surface area contributed by atoms with Crippen LogP contribution in [0.1, 0.15) is 44.1 Å². The minimum atomic E-state index is 0.313. The molecular formula is C18H24N2OS. The predicted molar refractivity (Wildman–Crippen MR) is 93.3 cm³/mol. The van der Waals surface area contributed by atoms with Gasteiger partial charge in [-0.05, 0) is 92.1 Å². The van der Waals surface area contributed by atoms with E-state index < -0.39 is 0 Å². The van der Waals surface area contributed by atoms with Crippen molar-refractivity contribution >= 4 is 23.0 Å². The van der Waals surface area contributed by atoms with Gasteiger partial charge in [0, 0.05) is 11.3 Å². The molecule has 1 aromatic carbocycles. The van der Waals surface area contributed by atoms with E-state index in [1.54, 1.807) is 7.11 Å². The second-order valence-corrected chi connectivity index (χ2v) is 8.04. The van der Waals surface area contributed by atoms with Crippen molar-refractivity contribution < 1.29 is 4.74 Å². The molecule has 3 nitrogen and oxygen atoms in total. The molecule has 0 atom stereocenters. The third kappa shape index (κ3) is 2.28. The molecule has 0 spiro atoms. The first-order chi connectivity index (χ1) is 10.6. The molecule has 0 radical (unpaired) electrons. The van der Waals surface area contributed by atoms with Crippen LogP contribution in [-0.4, -0.2) is 12.2 Å². The lowest BCUT2D eigenvalue weighted by atomic mass is 9.48. The van der Waals surface area contributed by atoms with Gasteiger partial charge in [0.15, 0.2) is 5.11 Å². The lowest BCUT2D eigenvalue weighted by Gasteiger charge is -2.57. The Hall–Kier alpha value is -1.29. The van der Waals surface area contributed by atoms with Gasteiger partial charge >= 0.3 is 0 Å². The van der Waals surface area contributed by atoms with Crippen LogP contribution in [-0.2, 0) is 5.41 Å². The fourth-order valence-electron chi connectivity index (χ4n) is 5.78. The molecule has 3 N–H and O–H groups in total. The van der Waals surface area contributed by atoms with Gasteiger partial charge in [0.25, 0.3) is 0 Å². The standard InChI is InChI=1S/C18H24N2OS/c1-21-16-3-2-14(20-17(19)22)7-15(16)18-8-11-4-12(9-18)6-13(5-11)10-18/h2-3,7,11-13H,4-6,8-10H2,1H3,(H3,19,20,22). The molecule has 4 fully saturated rings. The van der Waals surface area contributed by atoms with Crippen molar-refractivity contribution in [3.8, 4) is 5.75 Å². The topological polar surface area (TPSA) is 47.3 Å². The molecule has 0 unspecified atom stereocenters. The molecule has 4 saturated carbocycles. The zero-order chi connectivity index (χ0) is 15.3. The summed E-state index contributed by atoms with van der Waals surface area (Å²) in [5.74, 6) is 3.78. The first-order valence-electron chi connectivity index (χ1n) is 8.33. The van der Waals surface area contributed by atoms with Crippen molar-refractivity contribution in [3.05, 3.63) is 23.8 Å². The van der Waals surface area contributed by atoms with Crippen LogP contribution < -0.4 is 15.8 Å². The molecule has 4 bridgehead atoms. The van der Waals surface area contributed by atoms with Crippen LogP contribution in [0.2, 0.25) is 0 Å². The van der Waals surface area contributed by atoms with Crippen LogP contribution in [0.4, 0.5) is 5.69 Å². The molecular weight excluding hydrogens is 292 g/mol. The van der Waals surface area contributed by atoms with E-state index in [-0.39, 0.29) is 0 Å². The molecule has 1 aromatic rings. The van der Waals surface area contributed by atoms with Crippen LogP contribution in [0.5, 0.6) is 5.75 Å². The van der Waals surface area contributed by atoms with Crippen molar-refractivity contribution in [2.45, 2.75) is 43.9 Å². The average Bonchev–Trinajstić information content (AvgIpc) is 2.45. The van der Waals surface area contributed by atoms with Gasteiger partial charge in [-0.3, -0.25) is 0 Å². The largest absolute Gasteiger partial charge is 0.496 e. The molecule has 5 rings (SSSR count). The Kier molecular flexibility index (Phi) is 3.33. The van der Waals surface area contributed by atoms with E-state index in [0.29, 0.717) is 10.5 Å². The van der Waals surface area contributed by atoms with E-state index in [2.05, 4.69) is 17.4 Å². The Morgan fingerprint density at radius 1 is 1.18 bits per heavy atom.